The highest BCUT2D eigenvalue weighted by Gasteiger charge is 2.13. The van der Waals surface area contributed by atoms with E-state index >= 15 is 0 Å². The van der Waals surface area contributed by atoms with Crippen LogP contribution in [0.25, 0.3) is 0 Å². The minimum Gasteiger partial charge on any atom is -0.325 e. The van der Waals surface area contributed by atoms with Crippen molar-refractivity contribution in [1.29, 1.82) is 0 Å². The topological polar surface area (TPSA) is 61.4 Å². The first-order chi connectivity index (χ1) is 12.2. The average Bonchev–Trinajstić information content (AvgIpc) is 2.52. The van der Waals surface area contributed by atoms with Crippen molar-refractivity contribution in [3.63, 3.8) is 0 Å². The molecule has 26 heavy (non-hydrogen) atoms. The number of carbonyl (C=O) groups excluding carboxylic acids is 2. The molecular formula is C21H27N3O2. The van der Waals surface area contributed by atoms with Crippen molar-refractivity contribution >= 4 is 23.2 Å². The second kappa shape index (κ2) is 8.63. The van der Waals surface area contributed by atoms with Crippen LogP contribution < -0.4 is 10.6 Å². The Morgan fingerprint density at radius 2 is 1.31 bits per heavy atom. The van der Waals surface area contributed by atoms with Gasteiger partial charge in [-0.05, 0) is 58.0 Å². The van der Waals surface area contributed by atoms with Gasteiger partial charge in [0.25, 0.3) is 0 Å². The Bertz CT molecular complexity index is 774. The fourth-order valence-corrected chi connectivity index (χ4v) is 2.94. The molecule has 0 heterocycles. The first-order valence-electron chi connectivity index (χ1n) is 8.67. The molecule has 0 fully saturated rings. The third-order valence-corrected chi connectivity index (χ3v) is 4.10. The SMILES string of the molecule is Cc1ccc(NC(=O)CN(C)CC(=O)Nc2c(C)cc(C)cc2C)cc1. The van der Waals surface area contributed by atoms with Crippen LogP contribution in [0, 0.1) is 27.7 Å². The summed E-state index contributed by atoms with van der Waals surface area (Å²) >= 11 is 0. The molecule has 0 aliphatic heterocycles. The van der Waals surface area contributed by atoms with Crippen LogP contribution >= 0.6 is 0 Å². The molecule has 2 rings (SSSR count). The molecule has 2 N–H and O–H groups in total. The van der Waals surface area contributed by atoms with Gasteiger partial charge in [-0.2, -0.15) is 0 Å². The molecule has 0 atom stereocenters. The van der Waals surface area contributed by atoms with Gasteiger partial charge in [-0.1, -0.05) is 35.4 Å². The van der Waals surface area contributed by atoms with E-state index in [2.05, 4.69) is 10.6 Å². The lowest BCUT2D eigenvalue weighted by Gasteiger charge is -2.18. The molecule has 2 aromatic carbocycles. The smallest absolute Gasteiger partial charge is 0.238 e. The lowest BCUT2D eigenvalue weighted by atomic mass is 10.1. The maximum atomic E-state index is 12.3. The van der Waals surface area contributed by atoms with E-state index in [-0.39, 0.29) is 24.9 Å². The first-order valence-corrected chi connectivity index (χ1v) is 8.67. The van der Waals surface area contributed by atoms with Crippen molar-refractivity contribution in [1.82, 2.24) is 4.90 Å². The molecule has 0 bridgehead atoms. The van der Waals surface area contributed by atoms with E-state index in [9.17, 15) is 9.59 Å². The summed E-state index contributed by atoms with van der Waals surface area (Å²) in [4.78, 5) is 26.1. The quantitative estimate of drug-likeness (QED) is 0.836. The summed E-state index contributed by atoms with van der Waals surface area (Å²) in [6.45, 7) is 8.28. The van der Waals surface area contributed by atoms with Gasteiger partial charge < -0.3 is 10.6 Å². The Labute approximate surface area is 155 Å². The van der Waals surface area contributed by atoms with E-state index in [0.29, 0.717) is 0 Å². The van der Waals surface area contributed by atoms with E-state index < -0.39 is 0 Å². The molecule has 0 unspecified atom stereocenters. The van der Waals surface area contributed by atoms with Crippen LogP contribution in [0.3, 0.4) is 0 Å². The van der Waals surface area contributed by atoms with E-state index in [0.717, 1.165) is 28.1 Å². The molecule has 5 heteroatoms. The molecule has 0 saturated heterocycles. The highest BCUT2D eigenvalue weighted by atomic mass is 16.2. The van der Waals surface area contributed by atoms with E-state index in [1.54, 1.807) is 11.9 Å². The first kappa shape index (κ1) is 19.7. The molecule has 0 aliphatic rings. The van der Waals surface area contributed by atoms with Gasteiger partial charge in [0.2, 0.25) is 11.8 Å². The van der Waals surface area contributed by atoms with Gasteiger partial charge in [0.1, 0.15) is 0 Å². The van der Waals surface area contributed by atoms with E-state index in [1.807, 2.05) is 64.1 Å². The average molecular weight is 353 g/mol. The minimum absolute atomic E-state index is 0.134. The van der Waals surface area contributed by atoms with Gasteiger partial charge in [0.05, 0.1) is 13.1 Å². The van der Waals surface area contributed by atoms with Crippen LogP contribution in [0.2, 0.25) is 0 Å². The van der Waals surface area contributed by atoms with Crippen molar-refractivity contribution < 1.29 is 9.59 Å². The number of nitrogens with one attached hydrogen (secondary N) is 2. The summed E-state index contributed by atoms with van der Waals surface area (Å²) in [5.41, 5.74) is 5.98. The number of hydrogen-bond donors (Lipinski definition) is 2. The van der Waals surface area contributed by atoms with Crippen LogP contribution in [0.1, 0.15) is 22.3 Å². The van der Waals surface area contributed by atoms with Gasteiger partial charge >= 0.3 is 0 Å². The number of anilines is 2. The second-order valence-electron chi connectivity index (χ2n) is 6.91. The van der Waals surface area contributed by atoms with Crippen LogP contribution in [0.15, 0.2) is 36.4 Å². The summed E-state index contributed by atoms with van der Waals surface area (Å²) in [5, 5.41) is 5.79. The van der Waals surface area contributed by atoms with Gasteiger partial charge in [-0.3, -0.25) is 14.5 Å². The Morgan fingerprint density at radius 3 is 1.85 bits per heavy atom. The minimum atomic E-state index is -0.146. The predicted molar refractivity (Wildman–Crippen MR) is 107 cm³/mol. The highest BCUT2D eigenvalue weighted by Crippen LogP contribution is 2.21. The molecule has 2 aromatic rings. The molecule has 0 saturated carbocycles. The van der Waals surface area contributed by atoms with Crippen molar-refractivity contribution in [2.75, 3.05) is 30.8 Å². The predicted octanol–water partition coefficient (Wildman–Crippen LogP) is 3.43. The molecule has 0 spiro atoms. The van der Waals surface area contributed by atoms with Crippen LogP contribution in [-0.4, -0.2) is 36.9 Å². The molecule has 138 valence electrons. The lowest BCUT2D eigenvalue weighted by Crippen LogP contribution is -2.36. The monoisotopic (exact) mass is 353 g/mol. The van der Waals surface area contributed by atoms with Crippen molar-refractivity contribution in [3.05, 3.63) is 58.7 Å². The number of nitrogens with zero attached hydrogens (tertiary/aromatic N) is 1. The van der Waals surface area contributed by atoms with Crippen LogP contribution in [0.4, 0.5) is 11.4 Å². The lowest BCUT2D eigenvalue weighted by molar-refractivity contribution is -0.119. The number of benzene rings is 2. The molecule has 0 aromatic heterocycles. The molecule has 0 aliphatic carbocycles. The molecule has 2 amide bonds. The summed E-state index contributed by atoms with van der Waals surface area (Å²) in [6.07, 6.45) is 0. The molecule has 5 nitrogen and oxygen atoms in total. The molecular weight excluding hydrogens is 326 g/mol. The van der Waals surface area contributed by atoms with Gasteiger partial charge in [0, 0.05) is 11.4 Å². The standard InChI is InChI=1S/C21H27N3O2/c1-14-6-8-18(9-7-14)22-19(25)12-24(5)13-20(26)23-21-16(3)10-15(2)11-17(21)4/h6-11H,12-13H2,1-5H3,(H,22,25)(H,23,26). The molecule has 0 radical (unpaired) electrons. The zero-order chi connectivity index (χ0) is 19.3. The third kappa shape index (κ3) is 5.70. The van der Waals surface area contributed by atoms with Crippen LogP contribution in [0.5, 0.6) is 0 Å². The number of hydrogen-bond acceptors (Lipinski definition) is 3. The van der Waals surface area contributed by atoms with E-state index in [4.69, 9.17) is 0 Å². The third-order valence-electron chi connectivity index (χ3n) is 4.10. The van der Waals surface area contributed by atoms with Gasteiger partial charge in [-0.25, -0.2) is 0 Å². The van der Waals surface area contributed by atoms with Gasteiger partial charge in [-0.15, -0.1) is 0 Å². The summed E-state index contributed by atoms with van der Waals surface area (Å²) in [7, 11) is 1.75. The number of carbonyl (C=O) groups is 2. The Morgan fingerprint density at radius 1 is 0.808 bits per heavy atom. The number of likely N-dealkylation sites (N-methyl/N-ethyl adjacent to an activating group) is 1. The van der Waals surface area contributed by atoms with E-state index in [1.165, 1.54) is 5.56 Å². The summed E-state index contributed by atoms with van der Waals surface area (Å²) < 4.78 is 0. The Balaban J connectivity index is 1.87. The maximum absolute atomic E-state index is 12.3. The zero-order valence-electron chi connectivity index (χ0n) is 16.1. The summed E-state index contributed by atoms with van der Waals surface area (Å²) in [6, 6.07) is 11.7. The van der Waals surface area contributed by atoms with Crippen LogP contribution in [-0.2, 0) is 9.59 Å². The number of rotatable bonds is 6. The largest absolute Gasteiger partial charge is 0.325 e. The normalized spacial score (nSPS) is 10.7. The van der Waals surface area contributed by atoms with Gasteiger partial charge in [0.15, 0.2) is 0 Å². The number of aryl methyl sites for hydroxylation is 4. The summed E-state index contributed by atoms with van der Waals surface area (Å²) in [5.74, 6) is -0.280. The van der Waals surface area contributed by atoms with Crippen molar-refractivity contribution in [2.24, 2.45) is 0 Å². The second-order valence-corrected chi connectivity index (χ2v) is 6.91. The zero-order valence-corrected chi connectivity index (χ0v) is 16.1. The Kier molecular flexibility index (Phi) is 6.52. The maximum Gasteiger partial charge on any atom is 0.238 e. The fraction of sp³-hybridized carbons (Fsp3) is 0.333. The fourth-order valence-electron chi connectivity index (χ4n) is 2.94. The van der Waals surface area contributed by atoms with Crippen molar-refractivity contribution in [2.45, 2.75) is 27.7 Å². The Hall–Kier alpha value is -2.66. The van der Waals surface area contributed by atoms with Crippen molar-refractivity contribution in [3.8, 4) is 0 Å². The number of amides is 2. The highest BCUT2D eigenvalue weighted by molar-refractivity contribution is 5.95.